The number of amides is 1. The molecule has 0 radical (unpaired) electrons. The van der Waals surface area contributed by atoms with Gasteiger partial charge in [-0.05, 0) is 43.2 Å². The Kier molecular flexibility index (Phi) is 5.89. The second-order valence-electron chi connectivity index (χ2n) is 7.67. The number of nitrogens with zero attached hydrogens (tertiary/aromatic N) is 1. The smallest absolute Gasteiger partial charge is 0.255 e. The van der Waals surface area contributed by atoms with E-state index in [1.165, 1.54) is 22.5 Å². The highest BCUT2D eigenvalue weighted by Gasteiger charge is 2.44. The molecule has 0 atom stereocenters. The number of fused-ring (bicyclic) bond motifs is 1. The number of rotatable bonds is 6. The van der Waals surface area contributed by atoms with Crippen LogP contribution in [0.15, 0.2) is 41.3 Å². The van der Waals surface area contributed by atoms with E-state index in [0.717, 1.165) is 25.7 Å². The number of carbonyl (C=O) groups excluding carboxylic acids is 1. The van der Waals surface area contributed by atoms with E-state index in [2.05, 4.69) is 5.32 Å². The summed E-state index contributed by atoms with van der Waals surface area (Å²) in [7, 11) is -3.80. The van der Waals surface area contributed by atoms with Crippen LogP contribution in [0.4, 0.5) is 5.69 Å². The molecule has 2 aliphatic rings. The number of benzene rings is 2. The van der Waals surface area contributed by atoms with Gasteiger partial charge in [-0.1, -0.05) is 25.4 Å². The Bertz CT molecular complexity index is 1110. The molecule has 2 aromatic rings. The summed E-state index contributed by atoms with van der Waals surface area (Å²) in [6.45, 7) is 4.12. The molecule has 1 aliphatic carbocycles. The van der Waals surface area contributed by atoms with Crippen LogP contribution in [0.5, 0.6) is 11.5 Å². The minimum Gasteiger partial charge on any atom is -0.448 e. The van der Waals surface area contributed by atoms with Gasteiger partial charge in [-0.15, -0.1) is 0 Å². The molecule has 4 rings (SSSR count). The molecule has 7 nitrogen and oxygen atoms in total. The molecular formula is C22H25ClN2O5S. The molecular weight excluding hydrogens is 440 g/mol. The van der Waals surface area contributed by atoms with Gasteiger partial charge in [-0.2, -0.15) is 4.31 Å². The molecule has 0 saturated heterocycles. The molecule has 1 aliphatic heterocycles. The summed E-state index contributed by atoms with van der Waals surface area (Å²) in [5.74, 6) is 0.246. The molecule has 1 N–H and O–H groups in total. The Morgan fingerprint density at radius 2 is 1.74 bits per heavy atom. The van der Waals surface area contributed by atoms with E-state index in [0.29, 0.717) is 30.3 Å². The lowest BCUT2D eigenvalue weighted by atomic mass is 10.2. The van der Waals surface area contributed by atoms with Gasteiger partial charge in [0, 0.05) is 43.2 Å². The Balaban J connectivity index is 1.55. The SMILES string of the molecule is CCN(CC)S(=O)(=O)c1cc(C(=O)Nc2ccc3c(c2)OC2(CCCC2)O3)ccc1Cl. The van der Waals surface area contributed by atoms with Crippen molar-refractivity contribution in [3.05, 3.63) is 47.0 Å². The number of ether oxygens (including phenoxy) is 2. The molecule has 1 saturated carbocycles. The van der Waals surface area contributed by atoms with E-state index >= 15 is 0 Å². The van der Waals surface area contributed by atoms with Gasteiger partial charge < -0.3 is 14.8 Å². The number of sulfonamides is 1. The lowest BCUT2D eigenvalue weighted by molar-refractivity contribution is -0.0716. The van der Waals surface area contributed by atoms with Gasteiger partial charge in [-0.25, -0.2) is 8.42 Å². The summed E-state index contributed by atoms with van der Waals surface area (Å²) < 4.78 is 39.1. The van der Waals surface area contributed by atoms with Gasteiger partial charge in [0.15, 0.2) is 11.5 Å². The number of hydrogen-bond donors (Lipinski definition) is 1. The first-order chi connectivity index (χ1) is 14.8. The average Bonchev–Trinajstić information content (AvgIpc) is 3.34. The number of halogens is 1. The van der Waals surface area contributed by atoms with Crippen molar-refractivity contribution >= 4 is 33.2 Å². The molecule has 1 fully saturated rings. The molecule has 2 aromatic carbocycles. The summed E-state index contributed by atoms with van der Waals surface area (Å²) >= 11 is 6.16. The van der Waals surface area contributed by atoms with Crippen molar-refractivity contribution < 1.29 is 22.7 Å². The van der Waals surface area contributed by atoms with Gasteiger partial charge in [-0.3, -0.25) is 4.79 Å². The van der Waals surface area contributed by atoms with Crippen LogP contribution in [0.25, 0.3) is 0 Å². The molecule has 1 amide bonds. The van der Waals surface area contributed by atoms with Crippen molar-refractivity contribution in [1.82, 2.24) is 4.31 Å². The van der Waals surface area contributed by atoms with Crippen LogP contribution in [-0.2, 0) is 10.0 Å². The van der Waals surface area contributed by atoms with Crippen LogP contribution in [0.1, 0.15) is 49.9 Å². The van der Waals surface area contributed by atoms with Crippen LogP contribution in [-0.4, -0.2) is 37.5 Å². The van der Waals surface area contributed by atoms with Gasteiger partial charge in [0.25, 0.3) is 11.7 Å². The molecule has 0 aromatic heterocycles. The molecule has 0 unspecified atom stereocenters. The zero-order valence-corrected chi connectivity index (χ0v) is 19.1. The topological polar surface area (TPSA) is 84.9 Å². The number of nitrogens with one attached hydrogen (secondary N) is 1. The summed E-state index contributed by atoms with van der Waals surface area (Å²) in [5.41, 5.74) is 0.727. The molecule has 166 valence electrons. The van der Waals surface area contributed by atoms with Gasteiger partial charge >= 0.3 is 0 Å². The van der Waals surface area contributed by atoms with Crippen LogP contribution >= 0.6 is 11.6 Å². The minimum absolute atomic E-state index is 0.0772. The van der Waals surface area contributed by atoms with Crippen LogP contribution < -0.4 is 14.8 Å². The zero-order chi connectivity index (χ0) is 22.2. The predicted octanol–water partition coefficient (Wildman–Crippen LogP) is 4.66. The van der Waals surface area contributed by atoms with Crippen molar-refractivity contribution in [2.75, 3.05) is 18.4 Å². The van der Waals surface area contributed by atoms with Crippen molar-refractivity contribution in [2.24, 2.45) is 0 Å². The van der Waals surface area contributed by atoms with Gasteiger partial charge in [0.2, 0.25) is 10.0 Å². The fourth-order valence-corrected chi connectivity index (χ4v) is 6.00. The van der Waals surface area contributed by atoms with Crippen LogP contribution in [0.3, 0.4) is 0 Å². The quantitative estimate of drug-likeness (QED) is 0.671. The number of carbonyl (C=O) groups is 1. The predicted molar refractivity (Wildman–Crippen MR) is 118 cm³/mol. The first-order valence-corrected chi connectivity index (χ1v) is 12.2. The molecule has 9 heteroatoms. The van der Waals surface area contributed by atoms with E-state index in [4.69, 9.17) is 21.1 Å². The van der Waals surface area contributed by atoms with E-state index in [9.17, 15) is 13.2 Å². The maximum Gasteiger partial charge on any atom is 0.255 e. The number of anilines is 1. The summed E-state index contributed by atoms with van der Waals surface area (Å²) in [6.07, 6.45) is 3.82. The van der Waals surface area contributed by atoms with Gasteiger partial charge in [0.05, 0.1) is 5.02 Å². The first kappa shape index (κ1) is 21.9. The number of hydrogen-bond acceptors (Lipinski definition) is 5. The summed E-state index contributed by atoms with van der Waals surface area (Å²) in [6, 6.07) is 9.47. The van der Waals surface area contributed by atoms with E-state index in [1.54, 1.807) is 32.0 Å². The van der Waals surface area contributed by atoms with Crippen molar-refractivity contribution in [3.63, 3.8) is 0 Å². The van der Waals surface area contributed by atoms with Crippen molar-refractivity contribution in [1.29, 1.82) is 0 Å². The Morgan fingerprint density at radius 1 is 1.06 bits per heavy atom. The zero-order valence-electron chi connectivity index (χ0n) is 17.5. The van der Waals surface area contributed by atoms with Crippen molar-refractivity contribution in [2.45, 2.75) is 50.2 Å². The van der Waals surface area contributed by atoms with E-state index < -0.39 is 21.7 Å². The highest BCUT2D eigenvalue weighted by molar-refractivity contribution is 7.89. The van der Waals surface area contributed by atoms with E-state index in [1.807, 2.05) is 0 Å². The highest BCUT2D eigenvalue weighted by atomic mass is 35.5. The second kappa shape index (κ2) is 8.33. The van der Waals surface area contributed by atoms with Crippen LogP contribution in [0.2, 0.25) is 5.02 Å². The molecule has 0 bridgehead atoms. The normalized spacial score (nSPS) is 16.8. The summed E-state index contributed by atoms with van der Waals surface area (Å²) in [5, 5.41) is 2.87. The van der Waals surface area contributed by atoms with E-state index in [-0.39, 0.29) is 15.5 Å². The Labute approximate surface area is 187 Å². The average molecular weight is 465 g/mol. The molecule has 31 heavy (non-hydrogen) atoms. The maximum atomic E-state index is 12.9. The second-order valence-corrected chi connectivity index (χ2v) is 9.99. The fraction of sp³-hybridized carbons (Fsp3) is 0.409. The minimum atomic E-state index is -3.80. The molecule has 1 spiro atoms. The third kappa shape index (κ3) is 4.12. The van der Waals surface area contributed by atoms with Crippen LogP contribution in [0, 0.1) is 0 Å². The lowest BCUT2D eigenvalue weighted by Gasteiger charge is -2.21. The van der Waals surface area contributed by atoms with Gasteiger partial charge in [0.1, 0.15) is 4.90 Å². The monoisotopic (exact) mass is 464 g/mol. The largest absolute Gasteiger partial charge is 0.448 e. The fourth-order valence-electron chi connectivity index (χ4n) is 4.04. The Morgan fingerprint density at radius 3 is 2.42 bits per heavy atom. The third-order valence-corrected chi connectivity index (χ3v) is 8.21. The lowest BCUT2D eigenvalue weighted by Crippen LogP contribution is -2.34. The highest BCUT2D eigenvalue weighted by Crippen LogP contribution is 2.47. The standard InChI is InChI=1S/C22H25ClN2O5S/c1-3-25(4-2)31(27,28)20-13-15(7-9-17(20)23)21(26)24-16-8-10-18-19(14-16)30-22(29-18)11-5-6-12-22/h7-10,13-14H,3-6,11-12H2,1-2H3,(H,24,26). The summed E-state index contributed by atoms with van der Waals surface area (Å²) in [4.78, 5) is 12.7. The first-order valence-electron chi connectivity index (χ1n) is 10.4. The maximum absolute atomic E-state index is 12.9. The molecule has 1 heterocycles. The van der Waals surface area contributed by atoms with Crippen molar-refractivity contribution in [3.8, 4) is 11.5 Å². The third-order valence-electron chi connectivity index (χ3n) is 5.68. The Hall–Kier alpha value is -2.29.